The number of carboxylic acid groups (broad SMARTS) is 1. The molecule has 2 aromatic rings. The maximum Gasteiger partial charge on any atom is 0.337 e. The lowest BCUT2D eigenvalue weighted by Crippen LogP contribution is -2.16. The molecule has 0 saturated heterocycles. The molecule has 1 heterocycles. The second kappa shape index (κ2) is 5.21. The van der Waals surface area contributed by atoms with Crippen LogP contribution < -0.4 is 10.1 Å². The summed E-state index contributed by atoms with van der Waals surface area (Å²) in [6.07, 6.45) is 2.93. The van der Waals surface area contributed by atoms with Crippen LogP contribution in [0.4, 0.5) is 5.69 Å². The lowest BCUT2D eigenvalue weighted by atomic mass is 10.1. The number of aromatic amines is 1. The maximum atomic E-state index is 11.8. The van der Waals surface area contributed by atoms with E-state index in [4.69, 9.17) is 9.84 Å². The molecular weight excluding hydrogens is 250 g/mol. The molecule has 0 fully saturated rings. The first-order valence-electron chi connectivity index (χ1n) is 5.34. The number of nitrogens with zero attached hydrogens (tertiary/aromatic N) is 1. The predicted octanol–water partition coefficient (Wildman–Crippen LogP) is 1.37. The fourth-order valence-corrected chi connectivity index (χ4v) is 1.51. The Morgan fingerprint density at radius 3 is 2.79 bits per heavy atom. The number of rotatable bonds is 4. The minimum absolute atomic E-state index is 0.0271. The van der Waals surface area contributed by atoms with Crippen LogP contribution in [0.3, 0.4) is 0 Å². The fourth-order valence-electron chi connectivity index (χ4n) is 1.51. The molecule has 0 radical (unpaired) electrons. The summed E-state index contributed by atoms with van der Waals surface area (Å²) in [5.41, 5.74) is 0.119. The Morgan fingerprint density at radius 2 is 2.21 bits per heavy atom. The van der Waals surface area contributed by atoms with Gasteiger partial charge in [0.25, 0.3) is 5.91 Å². The minimum atomic E-state index is -1.14. The quantitative estimate of drug-likeness (QED) is 0.771. The first-order chi connectivity index (χ1) is 9.11. The summed E-state index contributed by atoms with van der Waals surface area (Å²) in [7, 11) is 1.45. The topological polar surface area (TPSA) is 104 Å². The number of hydrogen-bond donors (Lipinski definition) is 3. The van der Waals surface area contributed by atoms with Crippen LogP contribution in [0, 0.1) is 0 Å². The number of methoxy groups -OCH3 is 1. The second-order valence-corrected chi connectivity index (χ2v) is 3.61. The molecule has 98 valence electrons. The first-order valence-corrected chi connectivity index (χ1v) is 5.34. The van der Waals surface area contributed by atoms with Crippen molar-refractivity contribution in [1.82, 2.24) is 9.97 Å². The number of benzene rings is 1. The molecule has 0 aliphatic rings. The highest BCUT2D eigenvalue weighted by atomic mass is 16.5. The Bertz CT molecular complexity index is 607. The predicted molar refractivity (Wildman–Crippen MR) is 66.5 cm³/mol. The lowest BCUT2D eigenvalue weighted by molar-refractivity contribution is 0.0698. The molecule has 19 heavy (non-hydrogen) atoms. The third-order valence-corrected chi connectivity index (χ3v) is 2.42. The van der Waals surface area contributed by atoms with E-state index in [0.29, 0.717) is 5.75 Å². The second-order valence-electron chi connectivity index (χ2n) is 3.61. The zero-order chi connectivity index (χ0) is 13.8. The number of ether oxygens (including phenoxy) is 1. The number of imidazole rings is 1. The number of nitrogens with one attached hydrogen (secondary N) is 2. The third-order valence-electron chi connectivity index (χ3n) is 2.42. The molecule has 1 aromatic carbocycles. The summed E-state index contributed by atoms with van der Waals surface area (Å²) in [6.45, 7) is 0. The monoisotopic (exact) mass is 261 g/mol. The first kappa shape index (κ1) is 12.6. The van der Waals surface area contributed by atoms with Crippen molar-refractivity contribution in [2.75, 3.05) is 12.4 Å². The van der Waals surface area contributed by atoms with E-state index in [-0.39, 0.29) is 17.1 Å². The summed E-state index contributed by atoms with van der Waals surface area (Å²) >= 11 is 0. The zero-order valence-corrected chi connectivity index (χ0v) is 10.0. The van der Waals surface area contributed by atoms with Crippen molar-refractivity contribution in [3.63, 3.8) is 0 Å². The van der Waals surface area contributed by atoms with E-state index in [1.165, 1.54) is 37.7 Å². The van der Waals surface area contributed by atoms with Gasteiger partial charge in [-0.2, -0.15) is 0 Å². The average Bonchev–Trinajstić information content (AvgIpc) is 2.92. The number of anilines is 1. The molecule has 0 saturated carbocycles. The molecule has 1 amide bonds. The van der Waals surface area contributed by atoms with Crippen molar-refractivity contribution in [1.29, 1.82) is 0 Å². The summed E-state index contributed by atoms with van der Waals surface area (Å²) in [4.78, 5) is 29.3. The lowest BCUT2D eigenvalue weighted by Gasteiger charge is -2.09. The van der Waals surface area contributed by atoms with Gasteiger partial charge in [-0.05, 0) is 12.1 Å². The minimum Gasteiger partial charge on any atom is -0.497 e. The van der Waals surface area contributed by atoms with E-state index >= 15 is 0 Å². The van der Waals surface area contributed by atoms with Gasteiger partial charge in [0.05, 0.1) is 18.4 Å². The van der Waals surface area contributed by atoms with Crippen molar-refractivity contribution < 1.29 is 19.4 Å². The van der Waals surface area contributed by atoms with Crippen molar-refractivity contribution >= 4 is 17.6 Å². The number of aromatic nitrogens is 2. The Morgan fingerprint density at radius 1 is 1.42 bits per heavy atom. The highest BCUT2D eigenvalue weighted by Crippen LogP contribution is 2.23. The van der Waals surface area contributed by atoms with Crippen LogP contribution in [0.15, 0.2) is 30.6 Å². The smallest absolute Gasteiger partial charge is 0.337 e. The highest BCUT2D eigenvalue weighted by molar-refractivity contribution is 6.06. The van der Waals surface area contributed by atoms with Gasteiger partial charge in [-0.15, -0.1) is 0 Å². The SMILES string of the molecule is COc1ccc(C(=O)O)c(NC(=O)c2ncc[nH]2)c1. The number of carbonyl (C=O) groups is 2. The highest BCUT2D eigenvalue weighted by Gasteiger charge is 2.15. The molecule has 0 aliphatic carbocycles. The van der Waals surface area contributed by atoms with E-state index < -0.39 is 11.9 Å². The Hall–Kier alpha value is -2.83. The maximum absolute atomic E-state index is 11.8. The molecule has 0 aliphatic heterocycles. The summed E-state index contributed by atoms with van der Waals surface area (Å²) in [5.74, 6) is -1.13. The average molecular weight is 261 g/mol. The third kappa shape index (κ3) is 2.71. The molecule has 0 bridgehead atoms. The molecule has 0 spiro atoms. The van der Waals surface area contributed by atoms with Crippen LogP contribution in [0.25, 0.3) is 0 Å². The normalized spacial score (nSPS) is 9.95. The Balaban J connectivity index is 2.32. The van der Waals surface area contributed by atoms with E-state index in [2.05, 4.69) is 15.3 Å². The fraction of sp³-hybridized carbons (Fsp3) is 0.0833. The van der Waals surface area contributed by atoms with Gasteiger partial charge < -0.3 is 20.1 Å². The van der Waals surface area contributed by atoms with Crippen LogP contribution in [0.5, 0.6) is 5.75 Å². The van der Waals surface area contributed by atoms with Crippen molar-refractivity contribution in [2.24, 2.45) is 0 Å². The van der Waals surface area contributed by atoms with Gasteiger partial charge in [-0.3, -0.25) is 4.79 Å². The van der Waals surface area contributed by atoms with E-state index in [9.17, 15) is 9.59 Å². The Labute approximate surface area is 108 Å². The number of aromatic carboxylic acids is 1. The van der Waals surface area contributed by atoms with Gasteiger partial charge in [-0.25, -0.2) is 9.78 Å². The van der Waals surface area contributed by atoms with Crippen LogP contribution in [0.1, 0.15) is 21.0 Å². The molecule has 0 unspecified atom stereocenters. The van der Waals surface area contributed by atoms with Gasteiger partial charge in [0.2, 0.25) is 0 Å². The molecule has 7 heteroatoms. The Kier molecular flexibility index (Phi) is 3.46. The van der Waals surface area contributed by atoms with Gasteiger partial charge in [-0.1, -0.05) is 0 Å². The van der Waals surface area contributed by atoms with Crippen LogP contribution in [0.2, 0.25) is 0 Å². The number of H-pyrrole nitrogens is 1. The number of carbonyl (C=O) groups excluding carboxylic acids is 1. The number of amides is 1. The van der Waals surface area contributed by atoms with Gasteiger partial charge in [0.15, 0.2) is 5.82 Å². The largest absolute Gasteiger partial charge is 0.497 e. The van der Waals surface area contributed by atoms with Gasteiger partial charge in [0.1, 0.15) is 5.75 Å². The van der Waals surface area contributed by atoms with Crippen LogP contribution in [-0.2, 0) is 0 Å². The molecule has 3 N–H and O–H groups in total. The van der Waals surface area contributed by atoms with Crippen molar-refractivity contribution in [3.8, 4) is 5.75 Å². The summed E-state index contributed by atoms with van der Waals surface area (Å²) < 4.78 is 4.99. The molecule has 2 rings (SSSR count). The standard InChI is InChI=1S/C12H11N3O4/c1-19-7-2-3-8(12(17)18)9(6-7)15-11(16)10-13-4-5-14-10/h2-6H,1H3,(H,13,14)(H,15,16)(H,17,18). The van der Waals surface area contributed by atoms with Crippen LogP contribution >= 0.6 is 0 Å². The summed E-state index contributed by atoms with van der Waals surface area (Å²) in [6, 6.07) is 4.30. The van der Waals surface area contributed by atoms with Crippen LogP contribution in [-0.4, -0.2) is 34.1 Å². The molecule has 0 atom stereocenters. The zero-order valence-electron chi connectivity index (χ0n) is 10.0. The van der Waals surface area contributed by atoms with Crippen molar-refractivity contribution in [2.45, 2.75) is 0 Å². The molecule has 1 aromatic heterocycles. The molecule has 7 nitrogen and oxygen atoms in total. The summed E-state index contributed by atoms with van der Waals surface area (Å²) in [5, 5.41) is 11.5. The van der Waals surface area contributed by atoms with Gasteiger partial charge >= 0.3 is 5.97 Å². The number of carboxylic acids is 1. The number of hydrogen-bond acceptors (Lipinski definition) is 4. The van der Waals surface area contributed by atoms with E-state index in [0.717, 1.165) is 0 Å². The van der Waals surface area contributed by atoms with E-state index in [1.54, 1.807) is 0 Å². The van der Waals surface area contributed by atoms with Crippen molar-refractivity contribution in [3.05, 3.63) is 42.0 Å². The molecular formula is C12H11N3O4. The van der Waals surface area contributed by atoms with Gasteiger partial charge in [0, 0.05) is 18.5 Å². The van der Waals surface area contributed by atoms with E-state index in [1.807, 2.05) is 0 Å².